The molecule has 0 unspecified atom stereocenters. The van der Waals surface area contributed by atoms with Gasteiger partial charge in [-0.3, -0.25) is 4.99 Å². The van der Waals surface area contributed by atoms with Gasteiger partial charge in [-0.15, -0.1) is 0 Å². The molecule has 0 atom stereocenters. The lowest BCUT2D eigenvalue weighted by atomic mass is 10.1. The first-order chi connectivity index (χ1) is 14.3. The molecule has 3 nitrogen and oxygen atoms in total. The van der Waals surface area contributed by atoms with Crippen molar-refractivity contribution in [1.29, 1.82) is 0 Å². The summed E-state index contributed by atoms with van der Waals surface area (Å²) in [5.41, 5.74) is 2.99. The molecule has 0 radical (unpaired) electrons. The van der Waals surface area contributed by atoms with Crippen LogP contribution in [0.15, 0.2) is 96.0 Å². The standard InChI is InChI=1S/C26H23NO2/c1-2-28-24-16-14-23(15-17-24)27-18-21-9-4-6-13-26(21)29-19-22-11-7-10-20-8-3-5-12-25(20)22/h3-18H,2,19H2,1H3. The minimum atomic E-state index is 0.509. The molecule has 4 aromatic rings. The number of benzene rings is 4. The van der Waals surface area contributed by atoms with Crippen LogP contribution in [-0.4, -0.2) is 12.8 Å². The number of hydrogen-bond donors (Lipinski definition) is 0. The first kappa shape index (κ1) is 18.8. The normalized spacial score (nSPS) is 11.1. The molecule has 4 aromatic carbocycles. The highest BCUT2D eigenvalue weighted by molar-refractivity contribution is 5.86. The molecule has 0 aliphatic carbocycles. The molecular weight excluding hydrogens is 358 g/mol. The van der Waals surface area contributed by atoms with Crippen molar-refractivity contribution in [3.8, 4) is 11.5 Å². The number of ether oxygens (including phenoxy) is 2. The van der Waals surface area contributed by atoms with Crippen LogP contribution in [0.1, 0.15) is 18.1 Å². The maximum absolute atomic E-state index is 6.16. The van der Waals surface area contributed by atoms with Gasteiger partial charge in [-0.2, -0.15) is 0 Å². The van der Waals surface area contributed by atoms with E-state index in [-0.39, 0.29) is 0 Å². The molecule has 0 amide bonds. The Hall–Kier alpha value is -3.59. The molecule has 0 aliphatic rings. The van der Waals surface area contributed by atoms with Crippen molar-refractivity contribution in [3.63, 3.8) is 0 Å². The van der Waals surface area contributed by atoms with Crippen LogP contribution in [0.2, 0.25) is 0 Å². The van der Waals surface area contributed by atoms with Crippen LogP contribution in [0.3, 0.4) is 0 Å². The molecule has 0 aromatic heterocycles. The highest BCUT2D eigenvalue weighted by atomic mass is 16.5. The van der Waals surface area contributed by atoms with E-state index >= 15 is 0 Å². The Balaban J connectivity index is 1.51. The van der Waals surface area contributed by atoms with E-state index in [0.717, 1.165) is 22.7 Å². The highest BCUT2D eigenvalue weighted by Crippen LogP contribution is 2.23. The quantitative estimate of drug-likeness (QED) is 0.339. The Morgan fingerprint density at radius 2 is 1.52 bits per heavy atom. The number of hydrogen-bond acceptors (Lipinski definition) is 3. The third kappa shape index (κ3) is 4.64. The zero-order valence-corrected chi connectivity index (χ0v) is 16.4. The van der Waals surface area contributed by atoms with E-state index in [1.165, 1.54) is 16.3 Å². The summed E-state index contributed by atoms with van der Waals surface area (Å²) in [5.74, 6) is 1.67. The van der Waals surface area contributed by atoms with Crippen LogP contribution in [0.25, 0.3) is 10.8 Å². The van der Waals surface area contributed by atoms with Gasteiger partial charge in [-0.1, -0.05) is 54.6 Å². The molecule has 0 heterocycles. The van der Waals surface area contributed by atoms with Crippen LogP contribution in [0.5, 0.6) is 11.5 Å². The molecule has 144 valence electrons. The molecule has 0 spiro atoms. The van der Waals surface area contributed by atoms with Crippen molar-refractivity contribution < 1.29 is 9.47 Å². The molecular formula is C26H23NO2. The van der Waals surface area contributed by atoms with E-state index in [0.29, 0.717) is 13.2 Å². The summed E-state index contributed by atoms with van der Waals surface area (Å²) in [4.78, 5) is 4.58. The summed E-state index contributed by atoms with van der Waals surface area (Å²) >= 11 is 0. The third-order valence-corrected chi connectivity index (χ3v) is 4.68. The first-order valence-electron chi connectivity index (χ1n) is 9.79. The molecule has 29 heavy (non-hydrogen) atoms. The number of fused-ring (bicyclic) bond motifs is 1. The molecule has 0 saturated carbocycles. The monoisotopic (exact) mass is 381 g/mol. The van der Waals surface area contributed by atoms with Crippen molar-refractivity contribution in [3.05, 3.63) is 102 Å². The van der Waals surface area contributed by atoms with Crippen molar-refractivity contribution >= 4 is 22.7 Å². The lowest BCUT2D eigenvalue weighted by Crippen LogP contribution is -1.99. The van der Waals surface area contributed by atoms with Crippen LogP contribution in [-0.2, 0) is 6.61 Å². The van der Waals surface area contributed by atoms with Gasteiger partial charge < -0.3 is 9.47 Å². The van der Waals surface area contributed by atoms with E-state index < -0.39 is 0 Å². The predicted molar refractivity (Wildman–Crippen MR) is 120 cm³/mol. The minimum Gasteiger partial charge on any atom is -0.494 e. The molecule has 4 rings (SSSR count). The summed E-state index contributed by atoms with van der Waals surface area (Å²) in [6, 6.07) is 30.4. The second kappa shape index (κ2) is 9.07. The van der Waals surface area contributed by atoms with Gasteiger partial charge in [0.25, 0.3) is 0 Å². The summed E-state index contributed by atoms with van der Waals surface area (Å²) < 4.78 is 11.6. The van der Waals surface area contributed by atoms with Gasteiger partial charge in [0.2, 0.25) is 0 Å². The second-order valence-corrected chi connectivity index (χ2v) is 6.65. The van der Waals surface area contributed by atoms with E-state index in [2.05, 4.69) is 47.5 Å². The van der Waals surface area contributed by atoms with E-state index in [1.54, 1.807) is 0 Å². The zero-order chi connectivity index (χ0) is 19.9. The lowest BCUT2D eigenvalue weighted by molar-refractivity contribution is 0.307. The van der Waals surface area contributed by atoms with E-state index in [9.17, 15) is 0 Å². The van der Waals surface area contributed by atoms with Gasteiger partial charge in [0.1, 0.15) is 18.1 Å². The van der Waals surface area contributed by atoms with Crippen molar-refractivity contribution in [2.45, 2.75) is 13.5 Å². The van der Waals surface area contributed by atoms with Gasteiger partial charge >= 0.3 is 0 Å². The minimum absolute atomic E-state index is 0.509. The number of nitrogens with zero attached hydrogens (tertiary/aromatic N) is 1. The summed E-state index contributed by atoms with van der Waals surface area (Å²) in [6.45, 7) is 3.14. The topological polar surface area (TPSA) is 30.8 Å². The molecule has 0 saturated heterocycles. The lowest BCUT2D eigenvalue weighted by Gasteiger charge is -2.11. The Morgan fingerprint density at radius 1 is 0.759 bits per heavy atom. The molecule has 0 N–H and O–H groups in total. The second-order valence-electron chi connectivity index (χ2n) is 6.65. The number of para-hydroxylation sites is 1. The first-order valence-corrected chi connectivity index (χ1v) is 9.79. The maximum atomic E-state index is 6.16. The van der Waals surface area contributed by atoms with Crippen LogP contribution >= 0.6 is 0 Å². The van der Waals surface area contributed by atoms with Gasteiger partial charge in [0.05, 0.1) is 12.3 Å². The number of rotatable bonds is 7. The molecule has 0 bridgehead atoms. The third-order valence-electron chi connectivity index (χ3n) is 4.68. The summed E-state index contributed by atoms with van der Waals surface area (Å²) in [5, 5.41) is 2.44. The fourth-order valence-corrected chi connectivity index (χ4v) is 3.23. The van der Waals surface area contributed by atoms with E-state index in [1.807, 2.05) is 61.7 Å². The van der Waals surface area contributed by atoms with Crippen molar-refractivity contribution in [2.24, 2.45) is 4.99 Å². The Morgan fingerprint density at radius 3 is 2.38 bits per heavy atom. The fourth-order valence-electron chi connectivity index (χ4n) is 3.23. The SMILES string of the molecule is CCOc1ccc(N=Cc2ccccc2OCc2cccc3ccccc23)cc1. The van der Waals surface area contributed by atoms with Crippen molar-refractivity contribution in [1.82, 2.24) is 0 Å². The Labute approximate surface area is 171 Å². The average Bonchev–Trinajstić information content (AvgIpc) is 2.78. The van der Waals surface area contributed by atoms with E-state index in [4.69, 9.17) is 9.47 Å². The Bertz CT molecular complexity index is 1110. The largest absolute Gasteiger partial charge is 0.494 e. The average molecular weight is 381 g/mol. The summed E-state index contributed by atoms with van der Waals surface area (Å²) in [6.07, 6.45) is 1.84. The smallest absolute Gasteiger partial charge is 0.128 e. The van der Waals surface area contributed by atoms with Gasteiger partial charge in [-0.25, -0.2) is 0 Å². The molecule has 3 heteroatoms. The summed E-state index contributed by atoms with van der Waals surface area (Å²) in [7, 11) is 0. The van der Waals surface area contributed by atoms with Crippen LogP contribution in [0.4, 0.5) is 5.69 Å². The van der Waals surface area contributed by atoms with Crippen LogP contribution < -0.4 is 9.47 Å². The van der Waals surface area contributed by atoms with Crippen LogP contribution in [0, 0.1) is 0 Å². The van der Waals surface area contributed by atoms with Gasteiger partial charge in [0, 0.05) is 11.8 Å². The maximum Gasteiger partial charge on any atom is 0.128 e. The van der Waals surface area contributed by atoms with Gasteiger partial charge in [-0.05, 0) is 59.7 Å². The zero-order valence-electron chi connectivity index (χ0n) is 16.4. The molecule has 0 fully saturated rings. The fraction of sp³-hybridized carbons (Fsp3) is 0.115. The van der Waals surface area contributed by atoms with Gasteiger partial charge in [0.15, 0.2) is 0 Å². The highest BCUT2D eigenvalue weighted by Gasteiger charge is 2.04. The number of aliphatic imine (C=N–C) groups is 1. The molecule has 0 aliphatic heterocycles. The van der Waals surface area contributed by atoms with Crippen molar-refractivity contribution in [2.75, 3.05) is 6.61 Å². The Kier molecular flexibility index (Phi) is 5.87. The predicted octanol–water partition coefficient (Wildman–Crippen LogP) is 6.57.